The number of benzene rings is 4. The highest BCUT2D eigenvalue weighted by atomic mass is 32.2. The molecule has 2 heterocycles. The molecule has 0 radical (unpaired) electrons. The highest BCUT2D eigenvalue weighted by Gasteiger charge is 2.44. The molecule has 2 aliphatic rings. The fourth-order valence-electron chi connectivity index (χ4n) is 7.03. The Morgan fingerprint density at radius 1 is 0.873 bits per heavy atom. The van der Waals surface area contributed by atoms with Gasteiger partial charge in [-0.2, -0.15) is 4.31 Å². The van der Waals surface area contributed by atoms with E-state index in [0.29, 0.717) is 24.2 Å². The third kappa shape index (κ3) is 13.9. The van der Waals surface area contributed by atoms with Crippen molar-refractivity contribution in [1.29, 1.82) is 0 Å². The molecule has 63 heavy (non-hydrogen) atoms. The van der Waals surface area contributed by atoms with Crippen LogP contribution in [0.5, 0.6) is 5.75 Å². The van der Waals surface area contributed by atoms with Crippen LogP contribution in [0, 0.1) is 17.7 Å². The summed E-state index contributed by atoms with van der Waals surface area (Å²) >= 11 is 0. The van der Waals surface area contributed by atoms with Crippen LogP contribution in [0.1, 0.15) is 43.9 Å². The second-order valence-corrected chi connectivity index (χ2v) is 19.7. The van der Waals surface area contributed by atoms with Gasteiger partial charge in [-0.25, -0.2) is 22.4 Å². The standard InChI is InChI=1S/C45H54FN2O13PS/c1-31(2)25-48(63(53,54)38-20-16-36(46)17-21-38)26-41(49)40(47-45(51)60-42-29-57-44-39(42)22-23-55-44)24-33-14-18-37(19-15-33)58-30-62(52,59-28-35-12-8-5-9-13-35)61-32(3)43(50)56-27-34-10-6-4-7-11-34/h4-21,31-32,39-42,44,49H,22-30H2,1-3H3,(H,47,51)/t32-,39-,40-,41+,42-,44+,62?/m0/s1. The van der Waals surface area contributed by atoms with Crippen molar-refractivity contribution in [2.45, 2.75) is 82.4 Å². The van der Waals surface area contributed by atoms with E-state index in [1.165, 1.54) is 6.92 Å². The van der Waals surface area contributed by atoms with Crippen molar-refractivity contribution < 1.29 is 64.8 Å². The minimum atomic E-state index is -4.20. The Bertz CT molecular complexity index is 2240. The zero-order valence-electron chi connectivity index (χ0n) is 35.3. The van der Waals surface area contributed by atoms with Gasteiger partial charge < -0.3 is 38.6 Å². The number of halogens is 1. The number of sulfonamides is 1. The average molecular weight is 913 g/mol. The molecule has 6 rings (SSSR count). The minimum absolute atomic E-state index is 0.00290. The second-order valence-electron chi connectivity index (χ2n) is 15.8. The highest BCUT2D eigenvalue weighted by molar-refractivity contribution is 7.89. The average Bonchev–Trinajstić information content (AvgIpc) is 3.90. The molecule has 4 aromatic rings. The van der Waals surface area contributed by atoms with Crippen LogP contribution in [-0.2, 0) is 67.0 Å². The summed E-state index contributed by atoms with van der Waals surface area (Å²) < 4.78 is 96.3. The van der Waals surface area contributed by atoms with Gasteiger partial charge in [-0.3, -0.25) is 9.09 Å². The maximum absolute atomic E-state index is 14.1. The van der Waals surface area contributed by atoms with Gasteiger partial charge >= 0.3 is 19.7 Å². The lowest BCUT2D eigenvalue weighted by molar-refractivity contribution is -0.153. The van der Waals surface area contributed by atoms with Crippen LogP contribution in [0.4, 0.5) is 9.18 Å². The molecule has 0 saturated carbocycles. The Balaban J connectivity index is 1.15. The van der Waals surface area contributed by atoms with Gasteiger partial charge in [0.2, 0.25) is 10.0 Å². The summed E-state index contributed by atoms with van der Waals surface area (Å²) in [7, 11) is -8.30. The molecule has 2 aliphatic heterocycles. The van der Waals surface area contributed by atoms with Crippen LogP contribution < -0.4 is 10.1 Å². The first kappa shape index (κ1) is 47.8. The van der Waals surface area contributed by atoms with Gasteiger partial charge in [0.05, 0.1) is 42.8 Å². The molecule has 2 fully saturated rings. The van der Waals surface area contributed by atoms with Crippen molar-refractivity contribution in [1.82, 2.24) is 9.62 Å². The Kier molecular flexibility index (Phi) is 16.9. The number of amides is 1. The number of nitrogens with one attached hydrogen (secondary N) is 1. The molecule has 15 nitrogen and oxygen atoms in total. The third-order valence-corrected chi connectivity index (χ3v) is 13.8. The number of hydrogen-bond acceptors (Lipinski definition) is 13. The van der Waals surface area contributed by atoms with Crippen LogP contribution in [0.15, 0.2) is 114 Å². The van der Waals surface area contributed by atoms with Gasteiger partial charge in [0, 0.05) is 13.1 Å². The van der Waals surface area contributed by atoms with E-state index in [1.54, 1.807) is 60.7 Å². The van der Waals surface area contributed by atoms with Crippen molar-refractivity contribution in [3.63, 3.8) is 0 Å². The number of aliphatic hydroxyl groups excluding tert-OH is 1. The zero-order chi connectivity index (χ0) is 45.0. The summed E-state index contributed by atoms with van der Waals surface area (Å²) in [6, 6.07) is 27.9. The monoisotopic (exact) mass is 912 g/mol. The van der Waals surface area contributed by atoms with Gasteiger partial charge in [0.1, 0.15) is 24.3 Å². The summed E-state index contributed by atoms with van der Waals surface area (Å²) in [5.41, 5.74) is 2.09. The fraction of sp³-hybridized carbons (Fsp3) is 0.422. The van der Waals surface area contributed by atoms with Gasteiger partial charge in [-0.15, -0.1) is 0 Å². The van der Waals surface area contributed by atoms with Crippen molar-refractivity contribution in [3.8, 4) is 5.75 Å². The van der Waals surface area contributed by atoms with Crippen LogP contribution in [0.3, 0.4) is 0 Å². The molecule has 0 aliphatic carbocycles. The van der Waals surface area contributed by atoms with Crippen LogP contribution in [0.25, 0.3) is 0 Å². The Hall–Kier alpha value is -4.71. The number of esters is 1. The lowest BCUT2D eigenvalue weighted by Gasteiger charge is -2.31. The smallest absolute Gasteiger partial charge is 0.407 e. The van der Waals surface area contributed by atoms with Crippen LogP contribution in [0.2, 0.25) is 0 Å². The predicted molar refractivity (Wildman–Crippen MR) is 228 cm³/mol. The summed E-state index contributed by atoms with van der Waals surface area (Å²) in [4.78, 5) is 26.1. The van der Waals surface area contributed by atoms with Crippen molar-refractivity contribution in [3.05, 3.63) is 132 Å². The number of alkyl carbamates (subject to hydrolysis) is 1. The van der Waals surface area contributed by atoms with Crippen LogP contribution >= 0.6 is 7.60 Å². The van der Waals surface area contributed by atoms with E-state index in [9.17, 15) is 32.1 Å². The number of ether oxygens (including phenoxy) is 5. The van der Waals surface area contributed by atoms with E-state index < -0.39 is 79.0 Å². The predicted octanol–water partition coefficient (Wildman–Crippen LogP) is 6.83. The molecule has 0 bridgehead atoms. The molecule has 0 spiro atoms. The van der Waals surface area contributed by atoms with E-state index in [2.05, 4.69) is 5.32 Å². The Morgan fingerprint density at radius 2 is 1.52 bits per heavy atom. The van der Waals surface area contributed by atoms with E-state index in [0.717, 1.165) is 34.1 Å². The van der Waals surface area contributed by atoms with Crippen molar-refractivity contribution in [2.75, 3.05) is 32.7 Å². The molecule has 0 aromatic heterocycles. The lowest BCUT2D eigenvalue weighted by atomic mass is 10.0. The molecule has 18 heteroatoms. The molecule has 2 saturated heterocycles. The normalized spacial score (nSPS) is 19.8. The molecule has 7 atom stereocenters. The van der Waals surface area contributed by atoms with Crippen molar-refractivity contribution >= 4 is 29.7 Å². The summed E-state index contributed by atoms with van der Waals surface area (Å²) in [5, 5.41) is 14.5. The number of aliphatic hydroxyl groups is 1. The van der Waals surface area contributed by atoms with E-state index >= 15 is 0 Å². The molecule has 1 unspecified atom stereocenters. The fourth-order valence-corrected chi connectivity index (χ4v) is 10.1. The largest absolute Gasteiger partial charge is 0.481 e. The molecule has 4 aromatic carbocycles. The molecular formula is C45H54FN2O13PS. The SMILES string of the molecule is CC(C)CN(C[C@@H](O)[C@H](Cc1ccc(OCP(=O)(OCc2ccccc2)O[C@@H](C)C(=O)OCc2ccccc2)cc1)NC(=O)O[C@H]1CO[C@H]2OCC[C@H]21)S(=O)(=O)c1ccc(F)cc1. The molecule has 340 valence electrons. The second kappa shape index (κ2) is 22.3. The molecule has 2 N–H and O–H groups in total. The lowest BCUT2D eigenvalue weighted by Crippen LogP contribution is -2.51. The van der Waals surface area contributed by atoms with Crippen molar-refractivity contribution in [2.24, 2.45) is 11.8 Å². The Morgan fingerprint density at radius 3 is 2.17 bits per heavy atom. The topological polar surface area (TPSA) is 185 Å². The number of carbonyl (C=O) groups is 2. The van der Waals surface area contributed by atoms with E-state index in [-0.39, 0.29) is 55.3 Å². The number of nitrogens with zero attached hydrogens (tertiary/aromatic N) is 1. The molecule has 1 amide bonds. The highest BCUT2D eigenvalue weighted by Crippen LogP contribution is 2.50. The maximum atomic E-state index is 14.1. The quantitative estimate of drug-likeness (QED) is 0.0619. The minimum Gasteiger partial charge on any atom is -0.481 e. The summed E-state index contributed by atoms with van der Waals surface area (Å²) in [6.07, 6.45) is -4.48. The first-order chi connectivity index (χ1) is 30.2. The number of hydrogen-bond donors (Lipinski definition) is 2. The van der Waals surface area contributed by atoms with Crippen LogP contribution in [-0.4, -0.2) is 93.2 Å². The number of rotatable bonds is 22. The van der Waals surface area contributed by atoms with Gasteiger partial charge in [0.15, 0.2) is 18.7 Å². The van der Waals surface area contributed by atoms with E-state index in [4.69, 9.17) is 32.7 Å². The first-order valence-electron chi connectivity index (χ1n) is 20.7. The van der Waals surface area contributed by atoms with Gasteiger partial charge in [0.25, 0.3) is 0 Å². The summed E-state index contributed by atoms with van der Waals surface area (Å²) in [5.74, 6) is -1.37. The van der Waals surface area contributed by atoms with E-state index in [1.807, 2.05) is 38.1 Å². The summed E-state index contributed by atoms with van der Waals surface area (Å²) in [6.45, 7) is 5.19. The number of carbonyl (C=O) groups excluding carboxylic acids is 2. The van der Waals surface area contributed by atoms with Gasteiger partial charge in [-0.1, -0.05) is 86.6 Å². The zero-order valence-corrected chi connectivity index (χ0v) is 37.0. The third-order valence-electron chi connectivity index (χ3n) is 10.3. The molecular weight excluding hydrogens is 859 g/mol. The number of fused-ring (bicyclic) bond motifs is 1. The van der Waals surface area contributed by atoms with Gasteiger partial charge in [-0.05, 0) is 78.8 Å². The first-order valence-corrected chi connectivity index (χ1v) is 23.9. The maximum Gasteiger partial charge on any atom is 0.407 e. The Labute approximate surface area is 367 Å².